The number of thiol groups is 1. The molecule has 0 bridgehead atoms. The maximum absolute atomic E-state index is 10.8. The third-order valence-corrected chi connectivity index (χ3v) is 2.07. The molecule has 9 heavy (non-hydrogen) atoms. The largest absolute Gasteiger partial charge is 0.259 e. The molecule has 0 radical (unpaired) electrons. The van der Waals surface area contributed by atoms with Crippen LogP contribution in [0.1, 0.15) is 0 Å². The topological polar surface area (TPSA) is 17.1 Å². The summed E-state index contributed by atoms with van der Waals surface area (Å²) in [5, 5.41) is 1.60. The highest BCUT2D eigenvalue weighted by Gasteiger charge is 1.89. The van der Waals surface area contributed by atoms with Gasteiger partial charge >= 0.3 is 0 Å². The summed E-state index contributed by atoms with van der Waals surface area (Å²) < 4.78 is 10.8. The van der Waals surface area contributed by atoms with E-state index >= 15 is 0 Å². The van der Waals surface area contributed by atoms with Gasteiger partial charge in [-0.3, -0.25) is 4.21 Å². The molecule has 1 unspecified atom stereocenters. The zero-order chi connectivity index (χ0) is 7.11. The Balaban J connectivity index is 3.38. The summed E-state index contributed by atoms with van der Waals surface area (Å²) in [6, 6.07) is 0. The molecule has 0 spiro atoms. The lowest BCUT2D eigenvalue weighted by atomic mass is 10.8. The summed E-state index contributed by atoms with van der Waals surface area (Å²) >= 11 is 3.82. The molecular weight excluding hydrogens is 152 g/mol. The van der Waals surface area contributed by atoms with E-state index in [2.05, 4.69) is 19.2 Å². The van der Waals surface area contributed by atoms with E-state index in [4.69, 9.17) is 0 Å². The molecule has 0 N–H and O–H groups in total. The van der Waals surface area contributed by atoms with Gasteiger partial charge in [0.2, 0.25) is 0 Å². The maximum atomic E-state index is 10.8. The predicted octanol–water partition coefficient (Wildman–Crippen LogP) is 1.36. The number of hydrogen-bond donors (Lipinski definition) is 1. The van der Waals surface area contributed by atoms with Crippen molar-refractivity contribution in [3.8, 4) is 0 Å². The summed E-state index contributed by atoms with van der Waals surface area (Å²) in [6.45, 7) is 3.47. The van der Waals surface area contributed by atoms with Crippen LogP contribution in [-0.2, 0) is 10.8 Å². The van der Waals surface area contributed by atoms with Crippen LogP contribution in [0.15, 0.2) is 24.1 Å². The third kappa shape index (κ3) is 5.86. The average molecular weight is 162 g/mol. The summed E-state index contributed by atoms with van der Waals surface area (Å²) in [7, 11) is -0.774. The molecule has 3 heteroatoms. The van der Waals surface area contributed by atoms with Crippen molar-refractivity contribution in [3.63, 3.8) is 0 Å². The van der Waals surface area contributed by atoms with Crippen molar-refractivity contribution in [1.82, 2.24) is 0 Å². The van der Waals surface area contributed by atoms with Gasteiger partial charge in [-0.05, 0) is 5.41 Å². The van der Waals surface area contributed by atoms with E-state index < -0.39 is 10.8 Å². The molecule has 0 fully saturated rings. The van der Waals surface area contributed by atoms with Crippen molar-refractivity contribution in [3.05, 3.63) is 24.1 Å². The normalized spacial score (nSPS) is 13.9. The van der Waals surface area contributed by atoms with Crippen LogP contribution in [0.4, 0.5) is 0 Å². The van der Waals surface area contributed by atoms with Gasteiger partial charge in [0.1, 0.15) is 0 Å². The van der Waals surface area contributed by atoms with Gasteiger partial charge in [-0.2, -0.15) is 12.6 Å². The van der Waals surface area contributed by atoms with E-state index in [9.17, 15) is 4.21 Å². The Morgan fingerprint density at radius 2 is 2.22 bits per heavy atom. The van der Waals surface area contributed by atoms with Crippen LogP contribution in [0, 0.1) is 0 Å². The molecule has 52 valence electrons. The molecule has 0 saturated heterocycles. The van der Waals surface area contributed by atoms with Crippen molar-refractivity contribution >= 4 is 23.4 Å². The van der Waals surface area contributed by atoms with Crippen molar-refractivity contribution in [1.29, 1.82) is 0 Å². The van der Waals surface area contributed by atoms with E-state index in [1.807, 2.05) is 0 Å². The molecular formula is C6H10OS2. The Hall–Kier alpha value is -0.0200. The maximum Gasteiger partial charge on any atom is 0.0426 e. The van der Waals surface area contributed by atoms with Crippen molar-refractivity contribution in [2.45, 2.75) is 0 Å². The molecule has 0 heterocycles. The highest BCUT2D eigenvalue weighted by molar-refractivity contribution is 7.85. The van der Waals surface area contributed by atoms with Crippen LogP contribution in [-0.4, -0.2) is 15.7 Å². The molecule has 0 saturated carbocycles. The zero-order valence-corrected chi connectivity index (χ0v) is 6.83. The van der Waals surface area contributed by atoms with Crippen LogP contribution in [0.3, 0.4) is 0 Å². The van der Waals surface area contributed by atoms with E-state index in [1.54, 1.807) is 17.6 Å². The van der Waals surface area contributed by atoms with Crippen LogP contribution >= 0.6 is 12.6 Å². The Morgan fingerprint density at radius 3 is 2.67 bits per heavy atom. The molecule has 0 aliphatic carbocycles. The summed E-state index contributed by atoms with van der Waals surface area (Å²) in [4.78, 5) is 0. The first-order valence-electron chi connectivity index (χ1n) is 2.56. The molecule has 0 amide bonds. The van der Waals surface area contributed by atoms with E-state index in [1.165, 1.54) is 0 Å². The predicted molar refractivity (Wildman–Crippen MR) is 46.2 cm³/mol. The lowest BCUT2D eigenvalue weighted by Crippen LogP contribution is -1.96. The standard InChI is InChI=1S/C6H10OS2/c1-2-5-9(7)6-3-4-8/h2-4,8H,1,5-6H2/b4-3-. The van der Waals surface area contributed by atoms with Crippen LogP contribution in [0.25, 0.3) is 0 Å². The first kappa shape index (κ1) is 8.98. The second kappa shape index (κ2) is 6.11. The Labute approximate surface area is 63.7 Å². The molecule has 0 aliphatic heterocycles. The summed E-state index contributed by atoms with van der Waals surface area (Å²) in [5.74, 6) is 1.15. The molecule has 0 aromatic rings. The van der Waals surface area contributed by atoms with Gasteiger partial charge in [0.25, 0.3) is 0 Å². The fourth-order valence-corrected chi connectivity index (χ4v) is 1.31. The zero-order valence-electron chi connectivity index (χ0n) is 5.12. The van der Waals surface area contributed by atoms with Crippen molar-refractivity contribution < 1.29 is 4.21 Å². The first-order chi connectivity index (χ1) is 4.31. The fourth-order valence-electron chi connectivity index (χ4n) is 0.350. The number of hydrogen-bond acceptors (Lipinski definition) is 2. The lowest BCUT2D eigenvalue weighted by Gasteiger charge is -1.88. The lowest BCUT2D eigenvalue weighted by molar-refractivity contribution is 0.687. The Bertz CT molecular complexity index is 129. The van der Waals surface area contributed by atoms with Crippen molar-refractivity contribution in [2.75, 3.05) is 11.5 Å². The second-order valence-corrected chi connectivity index (χ2v) is 3.29. The highest BCUT2D eigenvalue weighted by Crippen LogP contribution is 1.85. The minimum Gasteiger partial charge on any atom is -0.259 e. The Kier molecular flexibility index (Phi) is 6.09. The highest BCUT2D eigenvalue weighted by atomic mass is 32.2. The van der Waals surface area contributed by atoms with Crippen LogP contribution in [0.5, 0.6) is 0 Å². The quantitative estimate of drug-likeness (QED) is 0.488. The van der Waals surface area contributed by atoms with Crippen molar-refractivity contribution in [2.24, 2.45) is 0 Å². The van der Waals surface area contributed by atoms with Crippen LogP contribution < -0.4 is 0 Å². The van der Waals surface area contributed by atoms with Gasteiger partial charge in [-0.1, -0.05) is 12.2 Å². The molecule has 0 rings (SSSR count). The van der Waals surface area contributed by atoms with Crippen LogP contribution in [0.2, 0.25) is 0 Å². The third-order valence-electron chi connectivity index (χ3n) is 0.691. The fraction of sp³-hybridized carbons (Fsp3) is 0.333. The van der Waals surface area contributed by atoms with E-state index in [-0.39, 0.29) is 0 Å². The minimum atomic E-state index is -0.774. The minimum absolute atomic E-state index is 0.568. The monoisotopic (exact) mass is 162 g/mol. The summed E-state index contributed by atoms with van der Waals surface area (Å²) in [5.41, 5.74) is 0. The molecule has 0 aromatic heterocycles. The average Bonchev–Trinajstić information content (AvgIpc) is 1.85. The van der Waals surface area contributed by atoms with E-state index in [0.717, 1.165) is 0 Å². The van der Waals surface area contributed by atoms with Gasteiger partial charge in [-0.15, -0.1) is 6.58 Å². The van der Waals surface area contributed by atoms with Gasteiger partial charge in [0.15, 0.2) is 0 Å². The smallest absolute Gasteiger partial charge is 0.0426 e. The molecule has 0 aromatic carbocycles. The second-order valence-electron chi connectivity index (χ2n) is 1.45. The SMILES string of the molecule is C=CCS(=O)C/C=C\S. The van der Waals surface area contributed by atoms with E-state index in [0.29, 0.717) is 11.5 Å². The van der Waals surface area contributed by atoms with Gasteiger partial charge in [0, 0.05) is 22.3 Å². The first-order valence-corrected chi connectivity index (χ1v) is 4.56. The molecule has 1 nitrogen and oxygen atoms in total. The summed E-state index contributed by atoms with van der Waals surface area (Å²) in [6.07, 6.45) is 3.42. The van der Waals surface area contributed by atoms with Gasteiger partial charge in [-0.25, -0.2) is 0 Å². The number of rotatable bonds is 4. The molecule has 0 aliphatic rings. The molecule has 1 atom stereocenters. The Morgan fingerprint density at radius 1 is 1.56 bits per heavy atom. The van der Waals surface area contributed by atoms with Gasteiger partial charge in [0.05, 0.1) is 0 Å². The van der Waals surface area contributed by atoms with Gasteiger partial charge < -0.3 is 0 Å².